The van der Waals surface area contributed by atoms with Crippen LogP contribution in [0.5, 0.6) is 0 Å². The first-order valence-corrected chi connectivity index (χ1v) is 6.47. The molecule has 1 aromatic heterocycles. The van der Waals surface area contributed by atoms with Crippen molar-refractivity contribution in [2.45, 2.75) is 44.4 Å². The Bertz CT molecular complexity index is 488. The zero-order chi connectivity index (χ0) is 12.5. The zero-order valence-corrected chi connectivity index (χ0v) is 10.1. The summed E-state index contributed by atoms with van der Waals surface area (Å²) in [6.45, 7) is 0. The fraction of sp³-hybridized carbons (Fsp3) is 0.615. The van der Waals surface area contributed by atoms with Crippen molar-refractivity contribution in [1.29, 1.82) is 0 Å². The van der Waals surface area contributed by atoms with Crippen LogP contribution in [0.4, 0.5) is 0 Å². The molecule has 1 saturated carbocycles. The third-order valence-electron chi connectivity index (χ3n) is 3.64. The molecule has 18 heavy (non-hydrogen) atoms. The van der Waals surface area contributed by atoms with Crippen LogP contribution in [0.15, 0.2) is 10.6 Å². The van der Waals surface area contributed by atoms with Gasteiger partial charge in [0.15, 0.2) is 5.82 Å². The molecule has 0 spiro atoms. The standard InChI is InChI=1S/C13H16N2O3/c16-11(17)7-8-1-3-9(4-2-8)12-14-13(18-15-12)10-5-6-10/h3,8,10H,1-2,4-7H2,(H,16,17). The average molecular weight is 248 g/mol. The van der Waals surface area contributed by atoms with E-state index in [0.29, 0.717) is 11.7 Å². The maximum absolute atomic E-state index is 10.6. The third-order valence-corrected chi connectivity index (χ3v) is 3.64. The smallest absolute Gasteiger partial charge is 0.303 e. The third kappa shape index (κ3) is 2.44. The summed E-state index contributed by atoms with van der Waals surface area (Å²) in [6, 6.07) is 0. The van der Waals surface area contributed by atoms with E-state index in [2.05, 4.69) is 16.2 Å². The fourth-order valence-corrected chi connectivity index (χ4v) is 2.39. The van der Waals surface area contributed by atoms with Gasteiger partial charge in [0.2, 0.25) is 5.89 Å². The van der Waals surface area contributed by atoms with Crippen molar-refractivity contribution in [2.75, 3.05) is 0 Å². The number of carbonyl (C=O) groups is 1. The van der Waals surface area contributed by atoms with Crippen LogP contribution >= 0.6 is 0 Å². The highest BCUT2D eigenvalue weighted by molar-refractivity contribution is 5.67. The molecule has 0 bridgehead atoms. The molecule has 0 saturated heterocycles. The summed E-state index contributed by atoms with van der Waals surface area (Å²) in [5.74, 6) is 1.48. The largest absolute Gasteiger partial charge is 0.481 e. The topological polar surface area (TPSA) is 76.2 Å². The van der Waals surface area contributed by atoms with Gasteiger partial charge in [0.1, 0.15) is 0 Å². The Morgan fingerprint density at radius 3 is 2.89 bits per heavy atom. The second-order valence-electron chi connectivity index (χ2n) is 5.20. The normalized spacial score (nSPS) is 23.8. The lowest BCUT2D eigenvalue weighted by Crippen LogP contribution is -2.11. The molecule has 1 heterocycles. The summed E-state index contributed by atoms with van der Waals surface area (Å²) in [6.07, 6.45) is 7.17. The van der Waals surface area contributed by atoms with Gasteiger partial charge in [0.25, 0.3) is 0 Å². The predicted octanol–water partition coefficient (Wildman–Crippen LogP) is 2.61. The van der Waals surface area contributed by atoms with Crippen molar-refractivity contribution in [3.05, 3.63) is 17.8 Å². The second kappa shape index (κ2) is 4.55. The molecule has 5 heteroatoms. The summed E-state index contributed by atoms with van der Waals surface area (Å²) in [5.41, 5.74) is 1.10. The first kappa shape index (κ1) is 11.4. The molecule has 0 amide bonds. The number of nitrogens with zero attached hydrogens (tertiary/aromatic N) is 2. The molecule has 2 aliphatic rings. The Morgan fingerprint density at radius 2 is 2.28 bits per heavy atom. The molecule has 3 rings (SSSR count). The number of hydrogen-bond acceptors (Lipinski definition) is 4. The molecule has 1 aromatic rings. The summed E-state index contributed by atoms with van der Waals surface area (Å²) >= 11 is 0. The van der Waals surface area contributed by atoms with Crippen LogP contribution in [0.2, 0.25) is 0 Å². The zero-order valence-electron chi connectivity index (χ0n) is 10.1. The number of hydrogen-bond donors (Lipinski definition) is 1. The lowest BCUT2D eigenvalue weighted by atomic mass is 9.87. The minimum absolute atomic E-state index is 0.251. The van der Waals surface area contributed by atoms with Crippen LogP contribution in [0.3, 0.4) is 0 Å². The number of rotatable bonds is 4. The Labute approximate surface area is 105 Å². The SMILES string of the molecule is O=C(O)CC1CC=C(c2noc(C3CC3)n2)CC1. The van der Waals surface area contributed by atoms with Crippen LogP contribution in [0, 0.1) is 5.92 Å². The first-order chi connectivity index (χ1) is 8.72. The molecule has 0 aromatic carbocycles. The second-order valence-corrected chi connectivity index (χ2v) is 5.20. The van der Waals surface area contributed by atoms with Crippen molar-refractivity contribution in [1.82, 2.24) is 10.1 Å². The summed E-state index contributed by atoms with van der Waals surface area (Å²) in [4.78, 5) is 15.1. The molecule has 5 nitrogen and oxygen atoms in total. The van der Waals surface area contributed by atoms with Crippen molar-refractivity contribution in [3.8, 4) is 0 Å². The van der Waals surface area contributed by atoms with Crippen molar-refractivity contribution in [2.24, 2.45) is 5.92 Å². The minimum atomic E-state index is -0.715. The molecule has 1 fully saturated rings. The molecule has 0 radical (unpaired) electrons. The Balaban J connectivity index is 1.65. The van der Waals surface area contributed by atoms with E-state index >= 15 is 0 Å². The number of aromatic nitrogens is 2. The summed E-state index contributed by atoms with van der Waals surface area (Å²) in [7, 11) is 0. The maximum atomic E-state index is 10.6. The molecule has 96 valence electrons. The van der Waals surface area contributed by atoms with Crippen LogP contribution in [0.25, 0.3) is 5.57 Å². The monoisotopic (exact) mass is 248 g/mol. The maximum Gasteiger partial charge on any atom is 0.303 e. The molecule has 2 aliphatic carbocycles. The number of carboxylic acid groups (broad SMARTS) is 1. The Hall–Kier alpha value is -1.65. The van der Waals surface area contributed by atoms with Gasteiger partial charge in [-0.3, -0.25) is 4.79 Å². The van der Waals surface area contributed by atoms with Gasteiger partial charge in [0, 0.05) is 12.3 Å². The van der Waals surface area contributed by atoms with Gasteiger partial charge in [-0.2, -0.15) is 4.98 Å². The van der Waals surface area contributed by atoms with E-state index in [4.69, 9.17) is 9.63 Å². The van der Waals surface area contributed by atoms with Crippen LogP contribution in [0.1, 0.15) is 56.2 Å². The number of aliphatic carboxylic acids is 1. The molecule has 1 N–H and O–H groups in total. The summed E-state index contributed by atoms with van der Waals surface area (Å²) in [5, 5.41) is 12.8. The molecule has 0 aliphatic heterocycles. The van der Waals surface area contributed by atoms with Gasteiger partial charge in [-0.15, -0.1) is 0 Å². The van der Waals surface area contributed by atoms with Gasteiger partial charge in [0.05, 0.1) is 0 Å². The lowest BCUT2D eigenvalue weighted by Gasteiger charge is -2.18. The van der Waals surface area contributed by atoms with Crippen molar-refractivity contribution in [3.63, 3.8) is 0 Å². The highest BCUT2D eigenvalue weighted by atomic mass is 16.5. The molecule has 1 unspecified atom stereocenters. The van der Waals surface area contributed by atoms with Gasteiger partial charge in [-0.05, 0) is 43.6 Å². The van der Waals surface area contributed by atoms with E-state index in [-0.39, 0.29) is 12.3 Å². The Morgan fingerprint density at radius 1 is 1.44 bits per heavy atom. The fourth-order valence-electron chi connectivity index (χ4n) is 2.39. The highest BCUT2D eigenvalue weighted by Crippen LogP contribution is 2.39. The minimum Gasteiger partial charge on any atom is -0.481 e. The van der Waals surface area contributed by atoms with Crippen molar-refractivity contribution >= 4 is 11.5 Å². The van der Waals surface area contributed by atoms with E-state index < -0.39 is 5.97 Å². The first-order valence-electron chi connectivity index (χ1n) is 6.47. The lowest BCUT2D eigenvalue weighted by molar-refractivity contribution is -0.138. The van der Waals surface area contributed by atoms with E-state index in [1.165, 1.54) is 0 Å². The number of allylic oxidation sites excluding steroid dienone is 2. The van der Waals surface area contributed by atoms with Crippen LogP contribution < -0.4 is 0 Å². The van der Waals surface area contributed by atoms with Gasteiger partial charge >= 0.3 is 5.97 Å². The van der Waals surface area contributed by atoms with Gasteiger partial charge in [-0.1, -0.05) is 11.2 Å². The van der Waals surface area contributed by atoms with E-state index in [1.54, 1.807) is 0 Å². The molecular weight excluding hydrogens is 232 g/mol. The molecular formula is C13H16N2O3. The summed E-state index contributed by atoms with van der Waals surface area (Å²) < 4.78 is 5.24. The quantitative estimate of drug-likeness (QED) is 0.886. The van der Waals surface area contributed by atoms with E-state index in [0.717, 1.165) is 43.6 Å². The number of carboxylic acids is 1. The van der Waals surface area contributed by atoms with Crippen molar-refractivity contribution < 1.29 is 14.4 Å². The Kier molecular flexibility index (Phi) is 2.89. The van der Waals surface area contributed by atoms with E-state index in [9.17, 15) is 4.79 Å². The average Bonchev–Trinajstić information content (AvgIpc) is 3.08. The molecule has 1 atom stereocenters. The van der Waals surface area contributed by atoms with Gasteiger partial charge < -0.3 is 9.63 Å². The van der Waals surface area contributed by atoms with Crippen LogP contribution in [-0.2, 0) is 4.79 Å². The highest BCUT2D eigenvalue weighted by Gasteiger charge is 2.30. The predicted molar refractivity (Wildman–Crippen MR) is 63.8 cm³/mol. The van der Waals surface area contributed by atoms with Gasteiger partial charge in [-0.25, -0.2) is 0 Å². The van der Waals surface area contributed by atoms with E-state index in [1.807, 2.05) is 0 Å². The van der Waals surface area contributed by atoms with Crippen LogP contribution in [-0.4, -0.2) is 21.2 Å².